The number of hydrogen-bond acceptors (Lipinski definition) is 5. The summed E-state index contributed by atoms with van der Waals surface area (Å²) in [6.45, 7) is 2.93. The molecule has 1 aromatic rings. The first-order chi connectivity index (χ1) is 10.3. The number of carbonyl (C=O) groups is 1. The van der Waals surface area contributed by atoms with Crippen LogP contribution in [0.15, 0.2) is 23.8 Å². The second-order valence-corrected chi connectivity index (χ2v) is 4.93. The molecule has 1 heterocycles. The first-order valence-corrected chi connectivity index (χ1v) is 7.47. The highest BCUT2D eigenvalue weighted by molar-refractivity contribution is 5.83. The highest BCUT2D eigenvalue weighted by Crippen LogP contribution is 2.19. The predicted octanol–water partition coefficient (Wildman–Crippen LogP) is 3.35. The van der Waals surface area contributed by atoms with Crippen molar-refractivity contribution in [3.05, 3.63) is 23.8 Å². The van der Waals surface area contributed by atoms with Crippen LogP contribution in [0, 0.1) is 0 Å². The van der Waals surface area contributed by atoms with E-state index in [4.69, 9.17) is 4.74 Å². The Labute approximate surface area is 125 Å². The maximum Gasteiger partial charge on any atom is 0.412 e. The van der Waals surface area contributed by atoms with Crippen LogP contribution >= 0.6 is 0 Å². The Hall–Kier alpha value is -2.11. The number of ether oxygens (including phenoxy) is 1. The van der Waals surface area contributed by atoms with E-state index >= 15 is 0 Å². The normalized spacial score (nSPS) is 14.2. The number of amides is 1. The van der Waals surface area contributed by atoms with Crippen molar-refractivity contribution in [3.63, 3.8) is 0 Å². The lowest BCUT2D eigenvalue weighted by atomic mass is 9.97. The monoisotopic (exact) mass is 290 g/mol. The molecule has 0 saturated carbocycles. The van der Waals surface area contributed by atoms with Crippen molar-refractivity contribution in [2.45, 2.75) is 39.0 Å². The largest absolute Gasteiger partial charge is 0.450 e. The van der Waals surface area contributed by atoms with Gasteiger partial charge in [0.05, 0.1) is 6.61 Å². The van der Waals surface area contributed by atoms with Gasteiger partial charge in [-0.05, 0) is 51.2 Å². The lowest BCUT2D eigenvalue weighted by Crippen LogP contribution is -2.15. The van der Waals surface area contributed by atoms with Gasteiger partial charge in [-0.25, -0.2) is 4.79 Å². The van der Waals surface area contributed by atoms with Gasteiger partial charge in [0.15, 0.2) is 5.82 Å². The zero-order valence-electron chi connectivity index (χ0n) is 12.4. The molecule has 0 fully saturated rings. The van der Waals surface area contributed by atoms with Crippen molar-refractivity contribution in [1.82, 2.24) is 10.2 Å². The number of nitrogens with one attached hydrogen (secondary N) is 2. The maximum absolute atomic E-state index is 11.2. The first-order valence-electron chi connectivity index (χ1n) is 7.47. The summed E-state index contributed by atoms with van der Waals surface area (Å²) in [5.74, 6) is 1.09. The second-order valence-electron chi connectivity index (χ2n) is 4.93. The first kappa shape index (κ1) is 15.3. The molecule has 0 radical (unpaired) electrons. The summed E-state index contributed by atoms with van der Waals surface area (Å²) < 4.78 is 4.77. The van der Waals surface area contributed by atoms with Crippen LogP contribution in [0.1, 0.15) is 39.0 Å². The molecule has 6 heteroatoms. The van der Waals surface area contributed by atoms with E-state index in [1.165, 1.54) is 31.3 Å². The lowest BCUT2D eigenvalue weighted by molar-refractivity contribution is 0.168. The molecule has 114 valence electrons. The molecule has 0 aliphatic heterocycles. The van der Waals surface area contributed by atoms with Crippen molar-refractivity contribution in [1.29, 1.82) is 0 Å². The van der Waals surface area contributed by atoms with Crippen molar-refractivity contribution in [2.75, 3.05) is 23.8 Å². The molecule has 1 aromatic heterocycles. The number of anilines is 2. The highest BCUT2D eigenvalue weighted by atomic mass is 16.5. The van der Waals surface area contributed by atoms with Gasteiger partial charge in [-0.1, -0.05) is 11.6 Å². The molecular formula is C15H22N4O2. The molecule has 0 aromatic carbocycles. The van der Waals surface area contributed by atoms with E-state index in [-0.39, 0.29) is 0 Å². The maximum atomic E-state index is 11.2. The Morgan fingerprint density at radius 1 is 1.29 bits per heavy atom. The lowest BCUT2D eigenvalue weighted by Gasteiger charge is -2.13. The number of hydrogen-bond donors (Lipinski definition) is 2. The van der Waals surface area contributed by atoms with Crippen LogP contribution in [0.3, 0.4) is 0 Å². The fourth-order valence-electron chi connectivity index (χ4n) is 2.25. The third kappa shape index (κ3) is 5.41. The summed E-state index contributed by atoms with van der Waals surface area (Å²) in [7, 11) is 0. The molecule has 0 bridgehead atoms. The van der Waals surface area contributed by atoms with E-state index in [9.17, 15) is 4.79 Å². The Balaban J connectivity index is 1.74. The molecule has 1 aliphatic rings. The van der Waals surface area contributed by atoms with E-state index in [0.29, 0.717) is 18.2 Å². The quantitative estimate of drug-likeness (QED) is 0.786. The number of rotatable bonds is 6. The average molecular weight is 290 g/mol. The Morgan fingerprint density at radius 3 is 2.76 bits per heavy atom. The van der Waals surface area contributed by atoms with Gasteiger partial charge in [0, 0.05) is 6.54 Å². The van der Waals surface area contributed by atoms with E-state index in [0.717, 1.165) is 13.0 Å². The third-order valence-corrected chi connectivity index (χ3v) is 3.31. The van der Waals surface area contributed by atoms with Crippen molar-refractivity contribution in [2.24, 2.45) is 0 Å². The Morgan fingerprint density at radius 2 is 2.10 bits per heavy atom. The van der Waals surface area contributed by atoms with Crippen LogP contribution in [0.25, 0.3) is 0 Å². The minimum atomic E-state index is -0.517. The van der Waals surface area contributed by atoms with E-state index < -0.39 is 6.09 Å². The second kappa shape index (κ2) is 8.24. The molecule has 0 unspecified atom stereocenters. The van der Waals surface area contributed by atoms with Crippen molar-refractivity contribution >= 4 is 17.7 Å². The molecular weight excluding hydrogens is 268 g/mol. The molecule has 6 nitrogen and oxygen atoms in total. The van der Waals surface area contributed by atoms with Crippen LogP contribution in [0.4, 0.5) is 16.4 Å². The van der Waals surface area contributed by atoms with Gasteiger partial charge in [0.1, 0.15) is 5.82 Å². The fraction of sp³-hybridized carbons (Fsp3) is 0.533. The van der Waals surface area contributed by atoms with Gasteiger partial charge >= 0.3 is 6.09 Å². The standard InChI is InChI=1S/C15H22N4O2/c1-2-21-15(20)17-14-9-8-13(18-19-14)16-11-10-12-6-4-3-5-7-12/h6,8-9H,2-5,7,10-11H2,1H3,(H,16,18)(H,17,19,20). The van der Waals surface area contributed by atoms with Crippen molar-refractivity contribution in [3.8, 4) is 0 Å². The van der Waals surface area contributed by atoms with Gasteiger partial charge in [-0.15, -0.1) is 10.2 Å². The SMILES string of the molecule is CCOC(=O)Nc1ccc(NCCC2=CCCCC2)nn1. The van der Waals surface area contributed by atoms with Crippen LogP contribution in [0.5, 0.6) is 0 Å². The van der Waals surface area contributed by atoms with Crippen LogP contribution in [-0.4, -0.2) is 29.4 Å². The number of allylic oxidation sites excluding steroid dienone is 1. The van der Waals surface area contributed by atoms with E-state index in [2.05, 4.69) is 26.9 Å². The zero-order chi connectivity index (χ0) is 14.9. The van der Waals surface area contributed by atoms with E-state index in [1.54, 1.807) is 19.1 Å². The molecule has 0 saturated heterocycles. The topological polar surface area (TPSA) is 76.1 Å². The zero-order valence-corrected chi connectivity index (χ0v) is 12.4. The highest BCUT2D eigenvalue weighted by Gasteiger charge is 2.05. The smallest absolute Gasteiger partial charge is 0.412 e. The fourth-order valence-corrected chi connectivity index (χ4v) is 2.25. The Bertz CT molecular complexity index is 485. The van der Waals surface area contributed by atoms with E-state index in [1.807, 2.05) is 0 Å². The molecule has 21 heavy (non-hydrogen) atoms. The summed E-state index contributed by atoms with van der Waals surface area (Å²) in [6.07, 6.45) is 7.93. The molecule has 1 amide bonds. The van der Waals surface area contributed by atoms with Crippen LogP contribution in [-0.2, 0) is 4.74 Å². The third-order valence-electron chi connectivity index (χ3n) is 3.31. The summed E-state index contributed by atoms with van der Waals surface area (Å²) in [6, 6.07) is 3.50. The minimum Gasteiger partial charge on any atom is -0.450 e. The van der Waals surface area contributed by atoms with Gasteiger partial charge in [-0.3, -0.25) is 5.32 Å². The van der Waals surface area contributed by atoms with Gasteiger partial charge in [0.2, 0.25) is 0 Å². The number of nitrogens with zero attached hydrogens (tertiary/aromatic N) is 2. The van der Waals surface area contributed by atoms with Crippen LogP contribution < -0.4 is 10.6 Å². The molecule has 2 N–H and O–H groups in total. The summed E-state index contributed by atoms with van der Waals surface area (Å²) >= 11 is 0. The average Bonchev–Trinajstić information content (AvgIpc) is 2.50. The number of aromatic nitrogens is 2. The van der Waals surface area contributed by atoms with Crippen molar-refractivity contribution < 1.29 is 9.53 Å². The summed E-state index contributed by atoms with van der Waals surface area (Å²) in [4.78, 5) is 11.2. The number of carbonyl (C=O) groups excluding carboxylic acids is 1. The summed E-state index contributed by atoms with van der Waals surface area (Å²) in [5.41, 5.74) is 1.53. The molecule has 2 rings (SSSR count). The molecule has 1 aliphatic carbocycles. The van der Waals surface area contributed by atoms with Gasteiger partial charge in [-0.2, -0.15) is 0 Å². The Kier molecular flexibility index (Phi) is 5.99. The van der Waals surface area contributed by atoms with Gasteiger partial charge in [0.25, 0.3) is 0 Å². The van der Waals surface area contributed by atoms with Crippen LogP contribution in [0.2, 0.25) is 0 Å². The molecule has 0 atom stereocenters. The minimum absolute atomic E-state index is 0.328. The summed E-state index contributed by atoms with van der Waals surface area (Å²) in [5, 5.41) is 13.7. The molecule has 0 spiro atoms. The van der Waals surface area contributed by atoms with Gasteiger partial charge < -0.3 is 10.1 Å². The predicted molar refractivity (Wildman–Crippen MR) is 82.3 cm³/mol.